The van der Waals surface area contributed by atoms with E-state index in [0.717, 1.165) is 16.7 Å². The van der Waals surface area contributed by atoms with Crippen LogP contribution < -0.4 is 0 Å². The number of aromatic nitrogens is 1. The van der Waals surface area contributed by atoms with E-state index in [4.69, 9.17) is 0 Å². The molecule has 1 fully saturated rings. The zero-order valence-electron chi connectivity index (χ0n) is 9.41. The highest BCUT2D eigenvalue weighted by Crippen LogP contribution is 2.29. The first-order chi connectivity index (χ1) is 7.34. The van der Waals surface area contributed by atoms with Gasteiger partial charge in [0.25, 0.3) is 0 Å². The molecule has 1 saturated carbocycles. The maximum atomic E-state index is 4.54. The lowest BCUT2D eigenvalue weighted by molar-refractivity contribution is 0.516. The molecule has 0 amide bonds. The lowest BCUT2D eigenvalue weighted by Crippen LogP contribution is -2.08. The number of hydrogen-bond acceptors (Lipinski definition) is 2. The summed E-state index contributed by atoms with van der Waals surface area (Å²) in [5.41, 5.74) is 2.38. The minimum atomic E-state index is 0.890. The third kappa shape index (κ3) is 3.53. The minimum absolute atomic E-state index is 0.890. The maximum absolute atomic E-state index is 4.54. The molecule has 0 N–H and O–H groups in total. The second kappa shape index (κ2) is 5.55. The average molecular weight is 221 g/mol. The second-order valence-corrected chi connectivity index (χ2v) is 5.63. The summed E-state index contributed by atoms with van der Waals surface area (Å²) in [6.07, 6.45) is 7.13. The Kier molecular flexibility index (Phi) is 4.07. The second-order valence-electron chi connectivity index (χ2n) is 4.34. The van der Waals surface area contributed by atoms with E-state index in [1.54, 1.807) is 0 Å². The van der Waals surface area contributed by atoms with Gasteiger partial charge in [-0.25, -0.2) is 0 Å². The summed E-state index contributed by atoms with van der Waals surface area (Å²) in [4.78, 5) is 4.54. The molecule has 1 aliphatic rings. The molecule has 1 heterocycles. The first-order valence-corrected chi connectivity index (χ1v) is 6.93. The van der Waals surface area contributed by atoms with Crippen LogP contribution >= 0.6 is 11.8 Å². The molecule has 1 aromatic rings. The van der Waals surface area contributed by atoms with Gasteiger partial charge in [0.1, 0.15) is 0 Å². The van der Waals surface area contributed by atoms with Crippen molar-refractivity contribution < 1.29 is 0 Å². The Balaban J connectivity index is 1.81. The van der Waals surface area contributed by atoms with Gasteiger partial charge in [-0.3, -0.25) is 4.98 Å². The van der Waals surface area contributed by atoms with Crippen LogP contribution in [0, 0.1) is 6.92 Å². The fraction of sp³-hybridized carbons (Fsp3) is 0.615. The van der Waals surface area contributed by atoms with Gasteiger partial charge >= 0.3 is 0 Å². The first kappa shape index (κ1) is 11.0. The molecule has 2 rings (SSSR count). The van der Waals surface area contributed by atoms with E-state index in [9.17, 15) is 0 Å². The molecular weight excluding hydrogens is 202 g/mol. The molecule has 82 valence electrons. The number of thioether (sulfide) groups is 1. The van der Waals surface area contributed by atoms with E-state index >= 15 is 0 Å². The summed E-state index contributed by atoms with van der Waals surface area (Å²) in [5, 5.41) is 0.890. The van der Waals surface area contributed by atoms with Gasteiger partial charge < -0.3 is 0 Å². The fourth-order valence-corrected chi connectivity index (χ4v) is 3.35. The SMILES string of the molecule is Cc1cccc(CSC2CCCCC2)n1. The molecule has 1 aliphatic carbocycles. The van der Waals surface area contributed by atoms with Crippen molar-refractivity contribution in [2.75, 3.05) is 0 Å². The van der Waals surface area contributed by atoms with Crippen molar-refractivity contribution in [3.05, 3.63) is 29.6 Å². The standard InChI is InChI=1S/C13H19NS/c1-11-6-5-7-12(14-11)10-15-13-8-3-2-4-9-13/h5-7,13H,2-4,8-10H2,1H3. The Hall–Kier alpha value is -0.500. The van der Waals surface area contributed by atoms with E-state index in [1.165, 1.54) is 37.8 Å². The van der Waals surface area contributed by atoms with Crippen LogP contribution in [0.4, 0.5) is 0 Å². The molecule has 1 nitrogen and oxygen atoms in total. The van der Waals surface area contributed by atoms with Crippen LogP contribution in [0.1, 0.15) is 43.5 Å². The van der Waals surface area contributed by atoms with Crippen molar-refractivity contribution in [1.29, 1.82) is 0 Å². The Labute approximate surface area is 96.7 Å². The summed E-state index contributed by atoms with van der Waals surface area (Å²) < 4.78 is 0. The molecule has 1 aromatic heterocycles. The van der Waals surface area contributed by atoms with E-state index < -0.39 is 0 Å². The highest BCUT2D eigenvalue weighted by Gasteiger charge is 2.13. The number of rotatable bonds is 3. The van der Waals surface area contributed by atoms with Crippen molar-refractivity contribution >= 4 is 11.8 Å². The highest BCUT2D eigenvalue weighted by atomic mass is 32.2. The van der Waals surface area contributed by atoms with Crippen LogP contribution in [-0.4, -0.2) is 10.2 Å². The number of nitrogens with zero attached hydrogens (tertiary/aromatic N) is 1. The summed E-state index contributed by atoms with van der Waals surface area (Å²) >= 11 is 2.10. The lowest BCUT2D eigenvalue weighted by Gasteiger charge is -2.20. The predicted octanol–water partition coefficient (Wildman–Crippen LogP) is 3.96. The maximum Gasteiger partial charge on any atom is 0.0505 e. The minimum Gasteiger partial charge on any atom is -0.257 e. The summed E-state index contributed by atoms with van der Waals surface area (Å²) in [6, 6.07) is 6.32. The zero-order chi connectivity index (χ0) is 10.5. The van der Waals surface area contributed by atoms with Gasteiger partial charge in [0.2, 0.25) is 0 Å². The first-order valence-electron chi connectivity index (χ1n) is 5.89. The molecule has 15 heavy (non-hydrogen) atoms. The molecule has 0 aromatic carbocycles. The molecule has 0 unspecified atom stereocenters. The average Bonchev–Trinajstić information content (AvgIpc) is 2.28. The van der Waals surface area contributed by atoms with E-state index in [1.807, 2.05) is 0 Å². The van der Waals surface area contributed by atoms with Gasteiger partial charge in [0.05, 0.1) is 5.69 Å². The van der Waals surface area contributed by atoms with Crippen molar-refractivity contribution in [1.82, 2.24) is 4.98 Å². The summed E-state index contributed by atoms with van der Waals surface area (Å²) in [5.74, 6) is 1.09. The Bertz CT molecular complexity index is 305. The van der Waals surface area contributed by atoms with Gasteiger partial charge in [0.15, 0.2) is 0 Å². The number of aryl methyl sites for hydroxylation is 1. The quantitative estimate of drug-likeness (QED) is 0.766. The largest absolute Gasteiger partial charge is 0.257 e. The molecule has 0 aliphatic heterocycles. The van der Waals surface area contributed by atoms with Crippen LogP contribution in [0.15, 0.2) is 18.2 Å². The molecule has 0 bridgehead atoms. The zero-order valence-corrected chi connectivity index (χ0v) is 10.2. The molecule has 0 spiro atoms. The van der Waals surface area contributed by atoms with Crippen LogP contribution in [0.5, 0.6) is 0 Å². The Morgan fingerprint density at radius 3 is 2.80 bits per heavy atom. The van der Waals surface area contributed by atoms with Crippen molar-refractivity contribution in [3.8, 4) is 0 Å². The van der Waals surface area contributed by atoms with Crippen LogP contribution in [0.2, 0.25) is 0 Å². The lowest BCUT2D eigenvalue weighted by atomic mass is 10.0. The fourth-order valence-electron chi connectivity index (χ4n) is 2.11. The predicted molar refractivity (Wildman–Crippen MR) is 67.1 cm³/mol. The van der Waals surface area contributed by atoms with Crippen molar-refractivity contribution in [2.45, 2.75) is 50.0 Å². The molecule has 0 saturated heterocycles. The van der Waals surface area contributed by atoms with Gasteiger partial charge in [-0.05, 0) is 31.9 Å². The van der Waals surface area contributed by atoms with E-state index in [-0.39, 0.29) is 0 Å². The van der Waals surface area contributed by atoms with Gasteiger partial charge in [0, 0.05) is 16.7 Å². The molecule has 0 atom stereocenters. The molecule has 0 radical (unpaired) electrons. The summed E-state index contributed by atoms with van der Waals surface area (Å²) in [6.45, 7) is 2.06. The van der Waals surface area contributed by atoms with E-state index in [0.29, 0.717) is 0 Å². The molecular formula is C13H19NS. The van der Waals surface area contributed by atoms with Crippen molar-refractivity contribution in [3.63, 3.8) is 0 Å². The normalized spacial score (nSPS) is 17.9. The Morgan fingerprint density at radius 1 is 1.27 bits per heavy atom. The number of hydrogen-bond donors (Lipinski definition) is 0. The summed E-state index contributed by atoms with van der Waals surface area (Å²) in [7, 11) is 0. The molecule has 2 heteroatoms. The van der Waals surface area contributed by atoms with Crippen LogP contribution in [-0.2, 0) is 5.75 Å². The van der Waals surface area contributed by atoms with Crippen LogP contribution in [0.3, 0.4) is 0 Å². The topological polar surface area (TPSA) is 12.9 Å². The van der Waals surface area contributed by atoms with Gasteiger partial charge in [-0.2, -0.15) is 11.8 Å². The Morgan fingerprint density at radius 2 is 2.07 bits per heavy atom. The third-order valence-corrected chi connectivity index (χ3v) is 4.37. The van der Waals surface area contributed by atoms with Crippen LogP contribution in [0.25, 0.3) is 0 Å². The van der Waals surface area contributed by atoms with E-state index in [2.05, 4.69) is 41.9 Å². The van der Waals surface area contributed by atoms with Gasteiger partial charge in [-0.1, -0.05) is 25.3 Å². The smallest absolute Gasteiger partial charge is 0.0505 e. The highest BCUT2D eigenvalue weighted by molar-refractivity contribution is 7.99. The third-order valence-electron chi connectivity index (χ3n) is 2.97. The van der Waals surface area contributed by atoms with Crippen molar-refractivity contribution in [2.24, 2.45) is 0 Å². The monoisotopic (exact) mass is 221 g/mol. The number of pyridine rings is 1. The van der Waals surface area contributed by atoms with Gasteiger partial charge in [-0.15, -0.1) is 0 Å².